The van der Waals surface area contributed by atoms with Gasteiger partial charge in [-0.25, -0.2) is 13.6 Å². The number of hydrogen-bond donors (Lipinski definition) is 1. The summed E-state index contributed by atoms with van der Waals surface area (Å²) in [5, 5.41) is 9.03. The molecule has 0 aromatic heterocycles. The minimum Gasteiger partial charge on any atom is -0.465 e. The first-order chi connectivity index (χ1) is 7.87. The molecular weight excluding hydrogens is 232 g/mol. The maximum Gasteiger partial charge on any atom is 0.409 e. The molecule has 1 saturated heterocycles. The van der Waals surface area contributed by atoms with Crippen molar-refractivity contribution in [1.29, 1.82) is 0 Å². The Balaban J connectivity index is 2.07. The third-order valence-corrected chi connectivity index (χ3v) is 4.02. The van der Waals surface area contributed by atoms with E-state index in [9.17, 15) is 13.6 Å². The minimum absolute atomic E-state index is 0.142. The molecule has 1 N–H and O–H groups in total. The zero-order valence-corrected chi connectivity index (χ0v) is 9.79. The number of nitrogens with zero attached hydrogens (tertiary/aromatic N) is 1. The van der Waals surface area contributed by atoms with Crippen molar-refractivity contribution in [2.75, 3.05) is 13.7 Å². The number of hydrogen-bond acceptors (Lipinski definition) is 2. The molecule has 0 aromatic carbocycles. The number of alkyl halides is 2. The van der Waals surface area contributed by atoms with Crippen molar-refractivity contribution in [2.24, 2.45) is 5.41 Å². The first-order valence-corrected chi connectivity index (χ1v) is 5.78. The van der Waals surface area contributed by atoms with Crippen LogP contribution in [0.3, 0.4) is 0 Å². The molecule has 2 fully saturated rings. The molecule has 1 saturated carbocycles. The third-order valence-electron chi connectivity index (χ3n) is 4.02. The highest BCUT2D eigenvalue weighted by molar-refractivity contribution is 5.65. The molecule has 2 rings (SSSR count). The summed E-state index contributed by atoms with van der Waals surface area (Å²) in [6.07, 6.45) is -0.516. The lowest BCUT2D eigenvalue weighted by Gasteiger charge is -2.36. The zero-order chi connectivity index (χ0) is 12.7. The van der Waals surface area contributed by atoms with Crippen molar-refractivity contribution >= 4 is 6.09 Å². The molecule has 17 heavy (non-hydrogen) atoms. The van der Waals surface area contributed by atoms with E-state index in [1.807, 2.05) is 0 Å². The van der Waals surface area contributed by atoms with Crippen LogP contribution in [-0.2, 0) is 4.74 Å². The highest BCUT2D eigenvalue weighted by Gasteiger charge is 2.51. The second-order valence-electron chi connectivity index (χ2n) is 5.16. The molecule has 1 amide bonds. The average Bonchev–Trinajstić information content (AvgIpc) is 2.63. The van der Waals surface area contributed by atoms with Crippen LogP contribution in [0.15, 0.2) is 0 Å². The summed E-state index contributed by atoms with van der Waals surface area (Å²) in [5.41, 5.74) is -0.305. The molecule has 1 heterocycles. The quantitative estimate of drug-likeness (QED) is 0.777. The van der Waals surface area contributed by atoms with E-state index in [2.05, 4.69) is 0 Å². The summed E-state index contributed by atoms with van der Waals surface area (Å²) >= 11 is 0. The van der Waals surface area contributed by atoms with Crippen molar-refractivity contribution in [3.05, 3.63) is 0 Å². The fraction of sp³-hybridized carbons (Fsp3) is 0.909. The van der Waals surface area contributed by atoms with E-state index in [0.717, 1.165) is 0 Å². The molecule has 2 aliphatic rings. The van der Waals surface area contributed by atoms with E-state index >= 15 is 0 Å². The number of halogens is 2. The number of likely N-dealkylation sites (tertiary alicyclic amines) is 1. The van der Waals surface area contributed by atoms with Gasteiger partial charge in [0.1, 0.15) is 6.23 Å². The maximum atomic E-state index is 13.1. The van der Waals surface area contributed by atoms with Gasteiger partial charge in [0.05, 0.1) is 0 Å². The highest BCUT2D eigenvalue weighted by atomic mass is 19.3. The van der Waals surface area contributed by atoms with Gasteiger partial charge in [0, 0.05) is 26.5 Å². The van der Waals surface area contributed by atoms with E-state index in [4.69, 9.17) is 9.84 Å². The first-order valence-electron chi connectivity index (χ1n) is 5.78. The van der Waals surface area contributed by atoms with Gasteiger partial charge in [0.15, 0.2) is 0 Å². The Hall–Kier alpha value is -0.910. The SMILES string of the molecule is COC1CC2(CCC(F)(F)CC2)CN1C(=O)O. The Morgan fingerprint density at radius 1 is 1.35 bits per heavy atom. The van der Waals surface area contributed by atoms with Gasteiger partial charge in [0.2, 0.25) is 5.92 Å². The van der Waals surface area contributed by atoms with Gasteiger partial charge in [-0.15, -0.1) is 0 Å². The van der Waals surface area contributed by atoms with Crippen LogP contribution in [0.4, 0.5) is 13.6 Å². The number of ether oxygens (including phenoxy) is 1. The van der Waals surface area contributed by atoms with Crippen LogP contribution in [0, 0.1) is 5.41 Å². The van der Waals surface area contributed by atoms with E-state index in [0.29, 0.717) is 25.8 Å². The number of amides is 1. The largest absolute Gasteiger partial charge is 0.465 e. The van der Waals surface area contributed by atoms with Gasteiger partial charge in [-0.1, -0.05) is 0 Å². The molecule has 1 atom stereocenters. The van der Waals surface area contributed by atoms with E-state index in [-0.39, 0.29) is 18.3 Å². The Bertz CT molecular complexity index is 312. The summed E-state index contributed by atoms with van der Waals surface area (Å²) in [6, 6.07) is 0. The number of rotatable bonds is 1. The summed E-state index contributed by atoms with van der Waals surface area (Å²) in [7, 11) is 1.46. The fourth-order valence-corrected chi connectivity index (χ4v) is 2.92. The average molecular weight is 249 g/mol. The second kappa shape index (κ2) is 4.08. The van der Waals surface area contributed by atoms with Crippen LogP contribution in [0.25, 0.3) is 0 Å². The van der Waals surface area contributed by atoms with Crippen molar-refractivity contribution in [3.8, 4) is 0 Å². The monoisotopic (exact) mass is 249 g/mol. The minimum atomic E-state index is -2.58. The molecular formula is C11H17F2NO3. The Morgan fingerprint density at radius 2 is 1.94 bits per heavy atom. The maximum absolute atomic E-state index is 13.1. The predicted octanol–water partition coefficient (Wildman–Crippen LogP) is 2.54. The number of carboxylic acid groups (broad SMARTS) is 1. The Kier molecular flexibility index (Phi) is 3.01. The molecule has 1 aliphatic heterocycles. The number of methoxy groups -OCH3 is 1. The molecule has 4 nitrogen and oxygen atoms in total. The van der Waals surface area contributed by atoms with Crippen LogP contribution >= 0.6 is 0 Å². The van der Waals surface area contributed by atoms with E-state index in [1.165, 1.54) is 12.0 Å². The van der Waals surface area contributed by atoms with Crippen LogP contribution in [0.2, 0.25) is 0 Å². The lowest BCUT2D eigenvalue weighted by atomic mass is 9.72. The lowest BCUT2D eigenvalue weighted by molar-refractivity contribution is -0.0659. The van der Waals surface area contributed by atoms with Crippen molar-refractivity contribution in [1.82, 2.24) is 4.90 Å². The van der Waals surface area contributed by atoms with Gasteiger partial charge in [-0.2, -0.15) is 0 Å². The molecule has 1 unspecified atom stereocenters. The van der Waals surface area contributed by atoms with Gasteiger partial charge >= 0.3 is 6.09 Å². The van der Waals surface area contributed by atoms with Crippen molar-refractivity contribution < 1.29 is 23.4 Å². The summed E-state index contributed by atoms with van der Waals surface area (Å²) in [6.45, 7) is 0.316. The molecule has 98 valence electrons. The zero-order valence-electron chi connectivity index (χ0n) is 9.79. The Labute approximate surface area is 98.5 Å². The van der Waals surface area contributed by atoms with E-state index in [1.54, 1.807) is 0 Å². The molecule has 0 aromatic rings. The van der Waals surface area contributed by atoms with Crippen LogP contribution in [0.1, 0.15) is 32.1 Å². The Morgan fingerprint density at radius 3 is 2.35 bits per heavy atom. The molecule has 6 heteroatoms. The second-order valence-corrected chi connectivity index (χ2v) is 5.16. The molecule has 1 aliphatic carbocycles. The predicted molar refractivity (Wildman–Crippen MR) is 56.0 cm³/mol. The lowest BCUT2D eigenvalue weighted by Crippen LogP contribution is -2.38. The molecule has 0 radical (unpaired) electrons. The van der Waals surface area contributed by atoms with Gasteiger partial charge in [0.25, 0.3) is 0 Å². The van der Waals surface area contributed by atoms with Crippen LogP contribution in [0.5, 0.6) is 0 Å². The third kappa shape index (κ3) is 2.36. The highest BCUT2D eigenvalue weighted by Crippen LogP contribution is 2.50. The molecule has 0 bridgehead atoms. The smallest absolute Gasteiger partial charge is 0.409 e. The summed E-state index contributed by atoms with van der Waals surface area (Å²) < 4.78 is 31.4. The van der Waals surface area contributed by atoms with Gasteiger partial charge < -0.3 is 9.84 Å². The first kappa shape index (κ1) is 12.5. The topological polar surface area (TPSA) is 49.8 Å². The van der Waals surface area contributed by atoms with Gasteiger partial charge in [-0.3, -0.25) is 4.90 Å². The molecule has 1 spiro atoms. The summed E-state index contributed by atoms with van der Waals surface area (Å²) in [4.78, 5) is 12.2. The van der Waals surface area contributed by atoms with Crippen molar-refractivity contribution in [3.63, 3.8) is 0 Å². The normalized spacial score (nSPS) is 30.8. The fourth-order valence-electron chi connectivity index (χ4n) is 2.92. The van der Waals surface area contributed by atoms with E-state index < -0.39 is 18.2 Å². The van der Waals surface area contributed by atoms with Gasteiger partial charge in [-0.05, 0) is 24.7 Å². The van der Waals surface area contributed by atoms with Crippen molar-refractivity contribution in [2.45, 2.75) is 44.3 Å². The van der Waals surface area contributed by atoms with Crippen LogP contribution < -0.4 is 0 Å². The number of carbonyl (C=O) groups is 1. The summed E-state index contributed by atoms with van der Waals surface area (Å²) in [5.74, 6) is -2.58. The standard InChI is InChI=1S/C11H17F2NO3/c1-17-8-6-10(7-14(8)9(15)16)2-4-11(12,13)5-3-10/h8H,2-7H2,1H3,(H,15,16). The van der Waals surface area contributed by atoms with Crippen LogP contribution in [-0.4, -0.2) is 41.9 Å².